The van der Waals surface area contributed by atoms with Crippen LogP contribution < -0.4 is 0 Å². The average Bonchev–Trinajstić information content (AvgIpc) is 2.88. The molecule has 1 unspecified atom stereocenters. The minimum absolute atomic E-state index is 0.0865. The quantitative estimate of drug-likeness (QED) is 0.762. The van der Waals surface area contributed by atoms with Gasteiger partial charge in [-0.2, -0.15) is 0 Å². The van der Waals surface area contributed by atoms with Crippen molar-refractivity contribution in [1.29, 1.82) is 0 Å². The molecule has 18 heavy (non-hydrogen) atoms. The van der Waals surface area contributed by atoms with Crippen LogP contribution in [-0.4, -0.2) is 26.5 Å². The average molecular weight is 257 g/mol. The Balaban J connectivity index is 2.26. The lowest BCUT2D eigenvalue weighted by Crippen LogP contribution is -2.28. The Morgan fingerprint density at radius 2 is 2.22 bits per heavy atom. The topological polar surface area (TPSA) is 47.8 Å². The lowest BCUT2D eigenvalue weighted by molar-refractivity contribution is -0.0555. The van der Waals surface area contributed by atoms with Crippen LogP contribution in [-0.2, 0) is 6.42 Å². The van der Waals surface area contributed by atoms with Crippen molar-refractivity contribution < 1.29 is 13.6 Å². The second kappa shape index (κ2) is 4.74. The lowest BCUT2D eigenvalue weighted by Gasteiger charge is -2.22. The summed E-state index contributed by atoms with van der Waals surface area (Å²) in [6.45, 7) is 3.34. The largest absolute Gasteiger partial charge is 0.291 e. The van der Waals surface area contributed by atoms with E-state index in [1.165, 1.54) is 11.6 Å². The second-order valence-corrected chi connectivity index (χ2v) is 4.64. The monoisotopic (exact) mass is 257 g/mol. The summed E-state index contributed by atoms with van der Waals surface area (Å²) in [4.78, 5) is 15.7. The van der Waals surface area contributed by atoms with Gasteiger partial charge in [0.1, 0.15) is 11.9 Å². The number of aryl methyl sites for hydroxylation is 1. The van der Waals surface area contributed by atoms with E-state index in [-0.39, 0.29) is 18.0 Å². The van der Waals surface area contributed by atoms with Crippen molar-refractivity contribution in [1.82, 2.24) is 14.8 Å². The molecule has 2 heterocycles. The van der Waals surface area contributed by atoms with Gasteiger partial charge < -0.3 is 0 Å². The van der Waals surface area contributed by atoms with Gasteiger partial charge in [-0.15, -0.1) is 5.10 Å². The zero-order chi connectivity index (χ0) is 13.3. The van der Waals surface area contributed by atoms with E-state index < -0.39 is 12.0 Å². The molecule has 0 saturated heterocycles. The highest BCUT2D eigenvalue weighted by Gasteiger charge is 2.44. The van der Waals surface area contributed by atoms with E-state index in [2.05, 4.69) is 10.1 Å². The van der Waals surface area contributed by atoms with Gasteiger partial charge in [-0.1, -0.05) is 13.8 Å². The molecule has 2 rings (SSSR count). The van der Waals surface area contributed by atoms with Crippen molar-refractivity contribution in [3.05, 3.63) is 11.6 Å². The maximum Gasteiger partial charge on any atom is 0.269 e. The molecule has 1 aliphatic rings. The van der Waals surface area contributed by atoms with Crippen molar-refractivity contribution in [2.75, 3.05) is 0 Å². The third-order valence-electron chi connectivity index (χ3n) is 3.32. The number of hydrogen-bond acceptors (Lipinski definition) is 3. The number of fused-ring (bicyclic) bond motifs is 1. The number of nitrogens with zero attached hydrogens (tertiary/aromatic N) is 3. The summed E-state index contributed by atoms with van der Waals surface area (Å²) in [5.41, 5.74) is 0. The van der Waals surface area contributed by atoms with E-state index in [0.29, 0.717) is 31.5 Å². The number of carbonyl (C=O) groups excluding carboxylic acids is 1. The van der Waals surface area contributed by atoms with Crippen LogP contribution in [0.15, 0.2) is 0 Å². The van der Waals surface area contributed by atoms with Crippen LogP contribution in [0.3, 0.4) is 0 Å². The Morgan fingerprint density at radius 3 is 2.83 bits per heavy atom. The molecule has 0 aliphatic carbocycles. The van der Waals surface area contributed by atoms with Crippen LogP contribution >= 0.6 is 0 Å². The molecule has 1 aromatic rings. The number of rotatable bonds is 5. The molecule has 0 spiro atoms. The van der Waals surface area contributed by atoms with E-state index >= 15 is 0 Å². The summed E-state index contributed by atoms with van der Waals surface area (Å²) in [5, 5.41) is 3.98. The summed E-state index contributed by atoms with van der Waals surface area (Å²) in [7, 11) is 0. The standard InChI is InChI=1S/C12H17F2N3O/c1-3-5-8(18)11-15-10-7-6-9(17(10)16-11)12(13,14)4-2/h9H,3-7H2,1-2H3. The fraction of sp³-hybridized carbons (Fsp3) is 0.750. The van der Waals surface area contributed by atoms with Crippen LogP contribution in [0.1, 0.15) is 62.0 Å². The van der Waals surface area contributed by atoms with Crippen molar-refractivity contribution in [2.24, 2.45) is 0 Å². The van der Waals surface area contributed by atoms with Crippen LogP contribution in [0, 0.1) is 0 Å². The molecule has 1 aliphatic heterocycles. The van der Waals surface area contributed by atoms with E-state index in [0.717, 1.165) is 0 Å². The number of carbonyl (C=O) groups is 1. The highest BCUT2D eigenvalue weighted by Crippen LogP contribution is 2.39. The molecule has 0 saturated carbocycles. The van der Waals surface area contributed by atoms with Crippen LogP contribution in [0.2, 0.25) is 0 Å². The molecule has 0 amide bonds. The first-order chi connectivity index (χ1) is 8.49. The predicted molar refractivity (Wildman–Crippen MR) is 61.9 cm³/mol. The third kappa shape index (κ3) is 2.15. The normalized spacial score (nSPS) is 19.0. The third-order valence-corrected chi connectivity index (χ3v) is 3.32. The van der Waals surface area contributed by atoms with Gasteiger partial charge in [0, 0.05) is 19.3 Å². The molecule has 100 valence electrons. The molecule has 0 aromatic carbocycles. The second-order valence-electron chi connectivity index (χ2n) is 4.64. The Hall–Kier alpha value is -1.33. The van der Waals surface area contributed by atoms with E-state index in [1.807, 2.05) is 6.92 Å². The molecule has 4 nitrogen and oxygen atoms in total. The van der Waals surface area contributed by atoms with Gasteiger partial charge >= 0.3 is 0 Å². The maximum absolute atomic E-state index is 13.7. The minimum Gasteiger partial charge on any atom is -0.291 e. The minimum atomic E-state index is -2.79. The van der Waals surface area contributed by atoms with E-state index in [4.69, 9.17) is 0 Å². The molecular weight excluding hydrogens is 240 g/mol. The molecule has 0 N–H and O–H groups in total. The molecule has 1 atom stereocenters. The van der Waals surface area contributed by atoms with Crippen LogP contribution in [0.5, 0.6) is 0 Å². The van der Waals surface area contributed by atoms with Crippen molar-refractivity contribution in [3.8, 4) is 0 Å². The number of aromatic nitrogens is 3. The summed E-state index contributed by atoms with van der Waals surface area (Å²) >= 11 is 0. The van der Waals surface area contributed by atoms with Gasteiger partial charge in [-0.05, 0) is 12.8 Å². The van der Waals surface area contributed by atoms with Gasteiger partial charge in [0.05, 0.1) is 0 Å². The zero-order valence-corrected chi connectivity index (χ0v) is 10.6. The van der Waals surface area contributed by atoms with Crippen molar-refractivity contribution in [3.63, 3.8) is 0 Å². The Labute approximate surface area is 104 Å². The summed E-state index contributed by atoms with van der Waals surface area (Å²) in [6, 6.07) is -0.951. The summed E-state index contributed by atoms with van der Waals surface area (Å²) in [5.74, 6) is -2.36. The van der Waals surface area contributed by atoms with Gasteiger partial charge in [-0.3, -0.25) is 4.79 Å². The van der Waals surface area contributed by atoms with Gasteiger partial charge in [0.25, 0.3) is 5.92 Å². The highest BCUT2D eigenvalue weighted by atomic mass is 19.3. The Bertz CT molecular complexity index is 456. The Kier molecular flexibility index (Phi) is 3.45. The number of alkyl halides is 2. The highest BCUT2D eigenvalue weighted by molar-refractivity contribution is 5.92. The molecule has 6 heteroatoms. The van der Waals surface area contributed by atoms with Gasteiger partial charge in [0.2, 0.25) is 11.6 Å². The van der Waals surface area contributed by atoms with Gasteiger partial charge in [-0.25, -0.2) is 18.4 Å². The molecule has 0 radical (unpaired) electrons. The zero-order valence-electron chi connectivity index (χ0n) is 10.6. The lowest BCUT2D eigenvalue weighted by atomic mass is 10.1. The first-order valence-electron chi connectivity index (χ1n) is 6.36. The van der Waals surface area contributed by atoms with E-state index in [1.54, 1.807) is 0 Å². The van der Waals surface area contributed by atoms with E-state index in [9.17, 15) is 13.6 Å². The summed E-state index contributed by atoms with van der Waals surface area (Å²) in [6.07, 6.45) is 1.65. The van der Waals surface area contributed by atoms with Crippen LogP contribution in [0.25, 0.3) is 0 Å². The SMILES string of the molecule is CCCC(=O)c1nc2n(n1)C(C(F)(F)CC)CC2. The maximum atomic E-state index is 13.7. The first kappa shape index (κ1) is 13.1. The number of ketones is 1. The molecule has 1 aromatic heterocycles. The smallest absolute Gasteiger partial charge is 0.269 e. The molecular formula is C12H17F2N3O. The fourth-order valence-electron chi connectivity index (χ4n) is 2.25. The number of Topliss-reactive ketones (excluding diaryl/α,β-unsaturated/α-hetero) is 1. The first-order valence-corrected chi connectivity index (χ1v) is 6.36. The number of hydrogen-bond donors (Lipinski definition) is 0. The van der Waals surface area contributed by atoms with Crippen molar-refractivity contribution >= 4 is 5.78 Å². The predicted octanol–water partition coefficient (Wildman–Crippen LogP) is 2.79. The Morgan fingerprint density at radius 1 is 1.50 bits per heavy atom. The molecule has 0 bridgehead atoms. The van der Waals surface area contributed by atoms with Gasteiger partial charge in [0.15, 0.2) is 0 Å². The molecule has 0 fully saturated rings. The fourth-order valence-corrected chi connectivity index (χ4v) is 2.25. The van der Waals surface area contributed by atoms with Crippen molar-refractivity contribution in [2.45, 2.75) is 57.9 Å². The number of halogens is 2. The van der Waals surface area contributed by atoms with Crippen LogP contribution in [0.4, 0.5) is 8.78 Å². The summed E-state index contributed by atoms with van der Waals surface area (Å²) < 4.78 is 28.7.